The highest BCUT2D eigenvalue weighted by Gasteiger charge is 2.29. The second-order valence-electron chi connectivity index (χ2n) is 7.66. The van der Waals surface area contributed by atoms with Gasteiger partial charge >= 0.3 is 0 Å². The zero-order valence-corrected chi connectivity index (χ0v) is 16.1. The van der Waals surface area contributed by atoms with E-state index in [-0.39, 0.29) is 5.91 Å². The summed E-state index contributed by atoms with van der Waals surface area (Å²) in [5.74, 6) is 1.27. The lowest BCUT2D eigenvalue weighted by Gasteiger charge is -2.18. The normalized spacial score (nSPS) is 17.0. The molecule has 0 saturated carbocycles. The number of aromatic nitrogens is 3. The average Bonchev–Trinajstić information content (AvgIpc) is 3.42. The number of amides is 1. The van der Waals surface area contributed by atoms with Gasteiger partial charge in [0.25, 0.3) is 0 Å². The number of fused-ring (bicyclic) bond motifs is 2. The van der Waals surface area contributed by atoms with Crippen molar-refractivity contribution in [1.82, 2.24) is 19.4 Å². The molecular weight excluding hydrogens is 348 g/mol. The molecule has 1 amide bonds. The van der Waals surface area contributed by atoms with Crippen LogP contribution in [-0.4, -0.2) is 38.4 Å². The summed E-state index contributed by atoms with van der Waals surface area (Å²) in [6, 6.07) is 16.8. The molecule has 2 aromatic heterocycles. The molecule has 0 bridgehead atoms. The highest BCUT2D eigenvalue weighted by atomic mass is 16.2. The third-order valence-electron chi connectivity index (χ3n) is 5.94. The Hall–Kier alpha value is -3.08. The summed E-state index contributed by atoms with van der Waals surface area (Å²) in [5.41, 5.74) is 4.55. The van der Waals surface area contributed by atoms with Crippen molar-refractivity contribution in [1.29, 1.82) is 0 Å². The number of nitrogens with zero attached hydrogens (tertiary/aromatic N) is 3. The van der Waals surface area contributed by atoms with Gasteiger partial charge in [0, 0.05) is 36.6 Å². The Morgan fingerprint density at radius 1 is 1.18 bits per heavy atom. The minimum absolute atomic E-state index is 0.245. The lowest BCUT2D eigenvalue weighted by Crippen LogP contribution is -2.29. The van der Waals surface area contributed by atoms with Crippen molar-refractivity contribution in [2.75, 3.05) is 13.1 Å². The van der Waals surface area contributed by atoms with Crippen molar-refractivity contribution in [2.45, 2.75) is 32.2 Å². The van der Waals surface area contributed by atoms with Crippen LogP contribution >= 0.6 is 0 Å². The van der Waals surface area contributed by atoms with Crippen LogP contribution < -0.4 is 0 Å². The number of aryl methyl sites for hydroxylation is 2. The number of rotatable bonds is 4. The number of nitrogens with one attached hydrogen (secondary N) is 1. The second-order valence-corrected chi connectivity index (χ2v) is 7.66. The Bertz CT molecular complexity index is 1160. The molecule has 142 valence electrons. The fourth-order valence-electron chi connectivity index (χ4n) is 4.54. The summed E-state index contributed by atoms with van der Waals surface area (Å²) >= 11 is 0. The molecule has 1 aliphatic heterocycles. The van der Waals surface area contributed by atoms with Crippen molar-refractivity contribution in [2.24, 2.45) is 0 Å². The molecule has 0 aliphatic carbocycles. The van der Waals surface area contributed by atoms with Gasteiger partial charge in [0.15, 0.2) is 0 Å². The highest BCUT2D eigenvalue weighted by Crippen LogP contribution is 2.28. The Balaban J connectivity index is 1.28. The van der Waals surface area contributed by atoms with E-state index in [9.17, 15) is 4.79 Å². The van der Waals surface area contributed by atoms with Crippen molar-refractivity contribution >= 4 is 27.8 Å². The molecule has 0 spiro atoms. The van der Waals surface area contributed by atoms with E-state index in [1.165, 1.54) is 10.9 Å². The summed E-state index contributed by atoms with van der Waals surface area (Å²) in [4.78, 5) is 22.8. The zero-order valence-electron chi connectivity index (χ0n) is 16.1. The van der Waals surface area contributed by atoms with Crippen molar-refractivity contribution < 1.29 is 4.79 Å². The number of hydrogen-bond acceptors (Lipinski definition) is 2. The summed E-state index contributed by atoms with van der Waals surface area (Å²) in [5, 5.41) is 1.22. The molecule has 1 fully saturated rings. The van der Waals surface area contributed by atoms with Gasteiger partial charge in [0.05, 0.1) is 17.1 Å². The van der Waals surface area contributed by atoms with Gasteiger partial charge in [0.1, 0.15) is 5.82 Å². The molecule has 28 heavy (non-hydrogen) atoms. The lowest BCUT2D eigenvalue weighted by molar-refractivity contribution is -0.130. The van der Waals surface area contributed by atoms with Gasteiger partial charge in [0.2, 0.25) is 5.91 Å². The van der Waals surface area contributed by atoms with Gasteiger partial charge in [-0.1, -0.05) is 30.3 Å². The average molecular weight is 372 g/mol. The summed E-state index contributed by atoms with van der Waals surface area (Å²) in [6.45, 7) is 3.65. The predicted molar refractivity (Wildman–Crippen MR) is 111 cm³/mol. The van der Waals surface area contributed by atoms with Gasteiger partial charge in [-0.25, -0.2) is 4.98 Å². The highest BCUT2D eigenvalue weighted by molar-refractivity contribution is 5.84. The number of carbonyl (C=O) groups is 1. The van der Waals surface area contributed by atoms with E-state index >= 15 is 0 Å². The predicted octanol–water partition coefficient (Wildman–Crippen LogP) is 4.23. The molecule has 0 radical (unpaired) electrons. The second kappa shape index (κ2) is 6.82. The first-order chi connectivity index (χ1) is 13.7. The fraction of sp³-hybridized carbons (Fsp3) is 0.304. The third kappa shape index (κ3) is 2.87. The number of imidazole rings is 1. The molecule has 1 N–H and O–H groups in total. The van der Waals surface area contributed by atoms with Gasteiger partial charge in [-0.15, -0.1) is 0 Å². The standard InChI is InChI=1S/C23H24N4O/c1-16-25-21-8-4-5-9-22(21)27(16)18-12-13-26(15-18)23(28)11-10-17-14-24-20-7-3-2-6-19(17)20/h2-9,14,18,24H,10-13,15H2,1H3/t18-/m1/s1. The summed E-state index contributed by atoms with van der Waals surface area (Å²) < 4.78 is 2.31. The molecule has 1 saturated heterocycles. The van der Waals surface area contributed by atoms with Crippen LogP contribution in [0.2, 0.25) is 0 Å². The zero-order chi connectivity index (χ0) is 19.1. The van der Waals surface area contributed by atoms with Crippen LogP contribution in [0.4, 0.5) is 0 Å². The number of carbonyl (C=O) groups excluding carboxylic acids is 1. The maximum absolute atomic E-state index is 12.8. The first-order valence-electron chi connectivity index (χ1n) is 9.97. The Morgan fingerprint density at radius 2 is 2.00 bits per heavy atom. The van der Waals surface area contributed by atoms with Crippen molar-refractivity contribution in [3.8, 4) is 0 Å². The van der Waals surface area contributed by atoms with Crippen LogP contribution in [0.3, 0.4) is 0 Å². The van der Waals surface area contributed by atoms with E-state index in [2.05, 4.69) is 51.8 Å². The number of para-hydroxylation sites is 3. The first kappa shape index (κ1) is 17.0. The fourth-order valence-corrected chi connectivity index (χ4v) is 4.54. The minimum atomic E-state index is 0.245. The van der Waals surface area contributed by atoms with E-state index in [1.807, 2.05) is 29.3 Å². The quantitative estimate of drug-likeness (QED) is 0.583. The first-order valence-corrected chi connectivity index (χ1v) is 9.97. The molecule has 3 heterocycles. The smallest absolute Gasteiger partial charge is 0.222 e. The molecule has 4 aromatic rings. The van der Waals surface area contributed by atoms with Crippen LogP contribution in [0.1, 0.15) is 30.3 Å². The maximum Gasteiger partial charge on any atom is 0.222 e. The number of H-pyrrole nitrogens is 1. The van der Waals surface area contributed by atoms with Crippen LogP contribution in [0.25, 0.3) is 21.9 Å². The minimum Gasteiger partial charge on any atom is -0.361 e. The van der Waals surface area contributed by atoms with E-state index < -0.39 is 0 Å². The van der Waals surface area contributed by atoms with E-state index in [1.54, 1.807) is 0 Å². The number of likely N-dealkylation sites (tertiary alicyclic amines) is 1. The van der Waals surface area contributed by atoms with Crippen molar-refractivity contribution in [3.63, 3.8) is 0 Å². The third-order valence-corrected chi connectivity index (χ3v) is 5.94. The Morgan fingerprint density at radius 3 is 2.93 bits per heavy atom. The van der Waals surface area contributed by atoms with Gasteiger partial charge in [-0.2, -0.15) is 0 Å². The Kier molecular flexibility index (Phi) is 4.15. The lowest BCUT2D eigenvalue weighted by atomic mass is 10.1. The van der Waals surface area contributed by atoms with Gasteiger partial charge < -0.3 is 14.5 Å². The SMILES string of the molecule is Cc1nc2ccccc2n1[C@@H]1CCN(C(=O)CCc2c[nH]c3ccccc23)C1. The van der Waals surface area contributed by atoms with Crippen LogP contribution in [0.15, 0.2) is 54.7 Å². The molecule has 5 heteroatoms. The molecular formula is C23H24N4O. The Labute approximate surface area is 164 Å². The van der Waals surface area contributed by atoms with E-state index in [0.717, 1.165) is 48.3 Å². The maximum atomic E-state index is 12.8. The molecule has 5 rings (SSSR count). The number of aromatic amines is 1. The van der Waals surface area contributed by atoms with Gasteiger partial charge in [-0.3, -0.25) is 4.79 Å². The van der Waals surface area contributed by atoms with Crippen LogP contribution in [0.5, 0.6) is 0 Å². The molecule has 1 atom stereocenters. The molecule has 1 aliphatic rings. The molecule has 5 nitrogen and oxygen atoms in total. The topological polar surface area (TPSA) is 53.9 Å². The van der Waals surface area contributed by atoms with E-state index in [4.69, 9.17) is 0 Å². The number of hydrogen-bond donors (Lipinski definition) is 1. The summed E-state index contributed by atoms with van der Waals surface area (Å²) in [7, 11) is 0. The van der Waals surface area contributed by atoms with Crippen molar-refractivity contribution in [3.05, 3.63) is 66.1 Å². The number of benzene rings is 2. The van der Waals surface area contributed by atoms with E-state index in [0.29, 0.717) is 12.5 Å². The summed E-state index contributed by atoms with van der Waals surface area (Å²) in [6.07, 6.45) is 4.35. The molecule has 0 unspecified atom stereocenters. The van der Waals surface area contributed by atoms with Crippen LogP contribution in [-0.2, 0) is 11.2 Å². The van der Waals surface area contributed by atoms with Gasteiger partial charge in [-0.05, 0) is 43.5 Å². The monoisotopic (exact) mass is 372 g/mol. The molecule has 2 aromatic carbocycles. The van der Waals surface area contributed by atoms with Crippen LogP contribution in [0, 0.1) is 6.92 Å². The largest absolute Gasteiger partial charge is 0.361 e.